The SMILES string of the molecule is CCOc1ccc(S(=O)(=O)Nc2nc(C)c(CN3CCC(C)CC3)s2)cc1. The molecule has 0 bridgehead atoms. The van der Waals surface area contributed by atoms with Crippen LogP contribution in [-0.2, 0) is 16.6 Å². The van der Waals surface area contributed by atoms with E-state index in [0.29, 0.717) is 17.5 Å². The maximum atomic E-state index is 12.6. The van der Waals surface area contributed by atoms with Crippen LogP contribution in [0.1, 0.15) is 37.3 Å². The quantitative estimate of drug-likeness (QED) is 0.751. The molecule has 1 fully saturated rings. The maximum absolute atomic E-state index is 12.6. The third-order valence-corrected chi connectivity index (χ3v) is 7.34. The van der Waals surface area contributed by atoms with Crippen LogP contribution in [0.15, 0.2) is 29.2 Å². The van der Waals surface area contributed by atoms with Crippen molar-refractivity contribution in [2.75, 3.05) is 24.4 Å². The summed E-state index contributed by atoms with van der Waals surface area (Å²) in [5.41, 5.74) is 0.892. The summed E-state index contributed by atoms with van der Waals surface area (Å²) in [5.74, 6) is 1.44. The molecule has 1 aliphatic heterocycles. The molecule has 2 aromatic rings. The fourth-order valence-corrected chi connectivity index (χ4v) is 5.34. The largest absolute Gasteiger partial charge is 0.494 e. The van der Waals surface area contributed by atoms with Gasteiger partial charge in [-0.2, -0.15) is 0 Å². The van der Waals surface area contributed by atoms with Gasteiger partial charge >= 0.3 is 0 Å². The summed E-state index contributed by atoms with van der Waals surface area (Å²) in [6, 6.07) is 6.41. The molecule has 1 N–H and O–H groups in total. The van der Waals surface area contributed by atoms with Crippen LogP contribution in [0, 0.1) is 12.8 Å². The van der Waals surface area contributed by atoms with Gasteiger partial charge in [0.1, 0.15) is 5.75 Å². The Kier molecular flexibility index (Phi) is 6.39. The van der Waals surface area contributed by atoms with Crippen LogP contribution in [0.25, 0.3) is 0 Å². The highest BCUT2D eigenvalue weighted by Crippen LogP contribution is 2.28. The number of aromatic nitrogens is 1. The number of aryl methyl sites for hydroxylation is 1. The zero-order valence-electron chi connectivity index (χ0n) is 16.1. The molecule has 2 heterocycles. The van der Waals surface area contributed by atoms with E-state index in [1.54, 1.807) is 24.3 Å². The minimum atomic E-state index is -3.66. The van der Waals surface area contributed by atoms with E-state index in [0.717, 1.165) is 36.1 Å². The molecule has 0 spiro atoms. The molecular weight excluding hydrogens is 382 g/mol. The van der Waals surface area contributed by atoms with E-state index >= 15 is 0 Å². The van der Waals surface area contributed by atoms with E-state index in [9.17, 15) is 8.42 Å². The highest BCUT2D eigenvalue weighted by atomic mass is 32.2. The third kappa shape index (κ3) is 5.21. The zero-order chi connectivity index (χ0) is 19.4. The Morgan fingerprint density at radius 1 is 1.26 bits per heavy atom. The minimum absolute atomic E-state index is 0.199. The number of benzene rings is 1. The van der Waals surface area contributed by atoms with Crippen molar-refractivity contribution < 1.29 is 13.2 Å². The van der Waals surface area contributed by atoms with Gasteiger partial charge in [0.15, 0.2) is 5.13 Å². The second-order valence-corrected chi connectivity index (χ2v) is 9.76. The summed E-state index contributed by atoms with van der Waals surface area (Å²) in [5, 5.41) is 0.418. The number of nitrogens with one attached hydrogen (secondary N) is 1. The number of hydrogen-bond donors (Lipinski definition) is 1. The average Bonchev–Trinajstić information content (AvgIpc) is 2.96. The highest BCUT2D eigenvalue weighted by molar-refractivity contribution is 7.93. The molecule has 0 radical (unpaired) electrons. The van der Waals surface area contributed by atoms with Crippen molar-refractivity contribution in [1.82, 2.24) is 9.88 Å². The highest BCUT2D eigenvalue weighted by Gasteiger charge is 2.20. The second kappa shape index (κ2) is 8.58. The summed E-state index contributed by atoms with van der Waals surface area (Å²) >= 11 is 1.42. The van der Waals surface area contributed by atoms with Crippen LogP contribution >= 0.6 is 11.3 Å². The molecule has 6 nitrogen and oxygen atoms in total. The number of thiazole rings is 1. The molecular formula is C19H27N3O3S2. The maximum Gasteiger partial charge on any atom is 0.263 e. The predicted octanol–water partition coefficient (Wildman–Crippen LogP) is 3.88. The van der Waals surface area contributed by atoms with Gasteiger partial charge in [-0.05, 0) is 70.0 Å². The lowest BCUT2D eigenvalue weighted by Crippen LogP contribution is -2.32. The van der Waals surface area contributed by atoms with Gasteiger partial charge in [0.25, 0.3) is 10.0 Å². The Morgan fingerprint density at radius 3 is 2.56 bits per heavy atom. The van der Waals surface area contributed by atoms with Crippen LogP contribution < -0.4 is 9.46 Å². The van der Waals surface area contributed by atoms with Crippen molar-refractivity contribution >= 4 is 26.5 Å². The van der Waals surface area contributed by atoms with Crippen molar-refractivity contribution in [1.29, 1.82) is 0 Å². The van der Waals surface area contributed by atoms with E-state index in [2.05, 4.69) is 21.5 Å². The molecule has 0 amide bonds. The summed E-state index contributed by atoms with van der Waals surface area (Å²) in [7, 11) is -3.66. The minimum Gasteiger partial charge on any atom is -0.494 e. The number of sulfonamides is 1. The van der Waals surface area contributed by atoms with Crippen molar-refractivity contribution in [2.24, 2.45) is 5.92 Å². The number of rotatable bonds is 7. The molecule has 1 aromatic heterocycles. The lowest BCUT2D eigenvalue weighted by atomic mass is 9.99. The molecule has 1 aliphatic rings. The average molecular weight is 410 g/mol. The predicted molar refractivity (Wildman–Crippen MR) is 109 cm³/mol. The number of likely N-dealkylation sites (tertiary alicyclic amines) is 1. The van der Waals surface area contributed by atoms with E-state index in [1.807, 2.05) is 13.8 Å². The smallest absolute Gasteiger partial charge is 0.263 e. The standard InChI is InChI=1S/C19H27N3O3S2/c1-4-25-16-5-7-17(8-6-16)27(23,24)21-19-20-15(3)18(26-19)13-22-11-9-14(2)10-12-22/h5-8,14H,4,9-13H2,1-3H3,(H,20,21). The van der Waals surface area contributed by atoms with E-state index in [1.165, 1.54) is 24.2 Å². The van der Waals surface area contributed by atoms with Crippen LogP contribution in [0.4, 0.5) is 5.13 Å². The van der Waals surface area contributed by atoms with Gasteiger partial charge in [0, 0.05) is 11.4 Å². The van der Waals surface area contributed by atoms with Gasteiger partial charge < -0.3 is 4.74 Å². The van der Waals surface area contributed by atoms with E-state index in [4.69, 9.17) is 4.74 Å². The van der Waals surface area contributed by atoms with E-state index in [-0.39, 0.29) is 4.90 Å². The molecule has 1 aromatic carbocycles. The van der Waals surface area contributed by atoms with Gasteiger partial charge in [-0.25, -0.2) is 13.4 Å². The molecule has 0 saturated carbocycles. The number of piperidine rings is 1. The Labute approximate surface area is 165 Å². The zero-order valence-corrected chi connectivity index (χ0v) is 17.7. The second-order valence-electron chi connectivity index (χ2n) is 7.00. The molecule has 0 atom stereocenters. The van der Waals surface area contributed by atoms with Crippen LogP contribution in [0.3, 0.4) is 0 Å². The van der Waals surface area contributed by atoms with Gasteiger partial charge in [-0.15, -0.1) is 0 Å². The Bertz CT molecular complexity index is 855. The molecule has 27 heavy (non-hydrogen) atoms. The Balaban J connectivity index is 1.68. The van der Waals surface area contributed by atoms with Crippen molar-refractivity contribution in [3.05, 3.63) is 34.8 Å². The molecule has 148 valence electrons. The summed E-state index contributed by atoms with van der Waals surface area (Å²) in [6.07, 6.45) is 2.43. The topological polar surface area (TPSA) is 71.5 Å². The number of hydrogen-bond acceptors (Lipinski definition) is 6. The van der Waals surface area contributed by atoms with Crippen LogP contribution in [0.5, 0.6) is 5.75 Å². The first-order valence-corrected chi connectivity index (χ1v) is 11.6. The van der Waals surface area contributed by atoms with Crippen molar-refractivity contribution in [3.8, 4) is 5.75 Å². The summed E-state index contributed by atoms with van der Waals surface area (Å²) < 4.78 is 33.2. The molecule has 8 heteroatoms. The Hall–Kier alpha value is -1.64. The van der Waals surface area contributed by atoms with Crippen LogP contribution in [-0.4, -0.2) is 38.0 Å². The first-order chi connectivity index (χ1) is 12.9. The summed E-state index contributed by atoms with van der Waals surface area (Å²) in [4.78, 5) is 8.17. The van der Waals surface area contributed by atoms with Gasteiger partial charge in [-0.3, -0.25) is 9.62 Å². The third-order valence-electron chi connectivity index (χ3n) is 4.80. The fraction of sp³-hybridized carbons (Fsp3) is 0.526. The first-order valence-electron chi connectivity index (χ1n) is 9.31. The van der Waals surface area contributed by atoms with Crippen molar-refractivity contribution in [3.63, 3.8) is 0 Å². The first kappa shape index (κ1) is 20.1. The normalized spacial score (nSPS) is 16.4. The molecule has 0 aliphatic carbocycles. The summed E-state index contributed by atoms with van der Waals surface area (Å²) in [6.45, 7) is 9.68. The molecule has 1 saturated heterocycles. The van der Waals surface area contributed by atoms with Gasteiger partial charge in [-0.1, -0.05) is 18.3 Å². The number of nitrogens with zero attached hydrogens (tertiary/aromatic N) is 2. The fourth-order valence-electron chi connectivity index (χ4n) is 3.10. The number of ether oxygens (including phenoxy) is 1. The van der Waals surface area contributed by atoms with Gasteiger partial charge in [0.2, 0.25) is 0 Å². The van der Waals surface area contributed by atoms with Crippen LogP contribution in [0.2, 0.25) is 0 Å². The monoisotopic (exact) mass is 409 g/mol. The van der Waals surface area contributed by atoms with Gasteiger partial charge in [0.05, 0.1) is 17.2 Å². The molecule has 3 rings (SSSR count). The lowest BCUT2D eigenvalue weighted by Gasteiger charge is -2.29. The molecule has 0 unspecified atom stereocenters. The lowest BCUT2D eigenvalue weighted by molar-refractivity contribution is 0.186. The number of anilines is 1. The van der Waals surface area contributed by atoms with Crippen molar-refractivity contribution in [2.45, 2.75) is 45.1 Å². The van der Waals surface area contributed by atoms with E-state index < -0.39 is 10.0 Å². The Morgan fingerprint density at radius 2 is 1.93 bits per heavy atom.